The normalized spacial score (nSPS) is 12.6. The Morgan fingerprint density at radius 1 is 1.54 bits per heavy atom. The van der Waals surface area contributed by atoms with E-state index in [9.17, 15) is 9.59 Å². The highest BCUT2D eigenvalue weighted by Crippen LogP contribution is 2.31. The van der Waals surface area contributed by atoms with Gasteiger partial charge in [-0.15, -0.1) is 11.3 Å². The molecule has 1 atom stereocenters. The molecule has 3 N–H and O–H groups in total. The van der Waals surface area contributed by atoms with Crippen LogP contribution in [-0.2, 0) is 4.74 Å². The van der Waals surface area contributed by atoms with Gasteiger partial charge in [0, 0.05) is 24.3 Å². The van der Waals surface area contributed by atoms with Gasteiger partial charge in [-0.1, -0.05) is 6.92 Å². The summed E-state index contributed by atoms with van der Waals surface area (Å²) in [4.78, 5) is 26.8. The smallest absolute Gasteiger partial charge is 0.259 e. The number of nitrogens with zero attached hydrogens (tertiary/aromatic N) is 2. The van der Waals surface area contributed by atoms with E-state index in [1.807, 2.05) is 17.7 Å². The van der Waals surface area contributed by atoms with Gasteiger partial charge in [0.2, 0.25) is 0 Å². The van der Waals surface area contributed by atoms with Crippen molar-refractivity contribution in [2.75, 3.05) is 13.7 Å². The molecule has 0 radical (unpaired) electrons. The first kappa shape index (κ1) is 16.4. The summed E-state index contributed by atoms with van der Waals surface area (Å²) in [7, 11) is 1.64. The lowest BCUT2D eigenvalue weighted by molar-refractivity contribution is 0.100. The number of thiophene rings is 1. The Morgan fingerprint density at radius 3 is 2.96 bits per heavy atom. The first-order valence-corrected chi connectivity index (χ1v) is 8.42. The fourth-order valence-corrected chi connectivity index (χ4v) is 3.47. The second-order valence-electron chi connectivity index (χ2n) is 5.44. The number of carbonyl (C=O) groups excluding carboxylic acids is 1. The van der Waals surface area contributed by atoms with Crippen LogP contribution in [0.15, 0.2) is 28.5 Å². The minimum atomic E-state index is -0.491. The third-order valence-corrected chi connectivity index (χ3v) is 4.87. The monoisotopic (exact) mass is 346 g/mol. The van der Waals surface area contributed by atoms with Crippen LogP contribution in [0.1, 0.15) is 29.1 Å². The van der Waals surface area contributed by atoms with Crippen molar-refractivity contribution in [1.82, 2.24) is 14.8 Å². The van der Waals surface area contributed by atoms with Crippen LogP contribution >= 0.6 is 11.3 Å². The molecule has 7 nitrogen and oxygen atoms in total. The van der Waals surface area contributed by atoms with Gasteiger partial charge < -0.3 is 15.5 Å². The zero-order valence-electron chi connectivity index (χ0n) is 13.4. The molecule has 8 heteroatoms. The van der Waals surface area contributed by atoms with E-state index in [1.165, 1.54) is 11.3 Å². The van der Waals surface area contributed by atoms with E-state index in [0.29, 0.717) is 28.1 Å². The topological polar surface area (TPSA) is 103 Å². The minimum Gasteiger partial charge on any atom is -0.382 e. The van der Waals surface area contributed by atoms with Gasteiger partial charge in [0.15, 0.2) is 0 Å². The second-order valence-corrected chi connectivity index (χ2v) is 6.35. The number of hydrogen-bond acceptors (Lipinski definition) is 5. The maximum Gasteiger partial charge on any atom is 0.259 e. The lowest BCUT2D eigenvalue weighted by Gasteiger charge is -2.15. The summed E-state index contributed by atoms with van der Waals surface area (Å²) >= 11 is 1.24. The number of methoxy groups -OCH3 is 1. The van der Waals surface area contributed by atoms with Gasteiger partial charge in [-0.05, 0) is 18.6 Å². The average molecular weight is 346 g/mol. The summed E-state index contributed by atoms with van der Waals surface area (Å²) in [5, 5.41) is 6.94. The highest BCUT2D eigenvalue weighted by molar-refractivity contribution is 7.12. The summed E-state index contributed by atoms with van der Waals surface area (Å²) in [5.74, 6) is -0.491. The number of nitrogens with two attached hydrogens (primary N) is 1. The molecule has 0 fully saturated rings. The molecule has 126 valence electrons. The van der Waals surface area contributed by atoms with Gasteiger partial charge >= 0.3 is 0 Å². The maximum atomic E-state index is 12.4. The van der Waals surface area contributed by atoms with E-state index in [1.54, 1.807) is 24.8 Å². The van der Waals surface area contributed by atoms with Gasteiger partial charge in [0.25, 0.3) is 11.5 Å². The van der Waals surface area contributed by atoms with Crippen LogP contribution in [0.4, 0.5) is 0 Å². The molecular formula is C16H18N4O3S. The van der Waals surface area contributed by atoms with E-state index >= 15 is 0 Å². The van der Waals surface area contributed by atoms with Gasteiger partial charge in [0.05, 0.1) is 28.4 Å². The third kappa shape index (κ3) is 2.74. The molecule has 0 bridgehead atoms. The highest BCUT2D eigenvalue weighted by atomic mass is 32.1. The Kier molecular flexibility index (Phi) is 4.50. The van der Waals surface area contributed by atoms with Gasteiger partial charge in [-0.2, -0.15) is 5.10 Å². The molecule has 0 aliphatic heterocycles. The first-order chi connectivity index (χ1) is 11.6. The van der Waals surface area contributed by atoms with Crippen molar-refractivity contribution in [3.8, 4) is 11.3 Å². The number of pyridine rings is 1. The van der Waals surface area contributed by atoms with Gasteiger partial charge in [-0.3, -0.25) is 14.3 Å². The third-order valence-electron chi connectivity index (χ3n) is 3.92. The average Bonchev–Trinajstić information content (AvgIpc) is 3.18. The number of aromatic amines is 1. The lowest BCUT2D eigenvalue weighted by Crippen LogP contribution is -2.15. The largest absolute Gasteiger partial charge is 0.382 e. The number of fused-ring (bicyclic) bond motifs is 1. The number of primary amides is 1. The standard InChI is InChI=1S/C16H18N4O3S/c1-3-10(7-23-2)20-11-4-5-18-16(22)13(11)14(19-20)9-6-12(15(17)21)24-8-9/h4-6,8,10H,3,7H2,1-2H3,(H2,17,21)(H,18,22)/t10-/m1/s1. The molecular weight excluding hydrogens is 328 g/mol. The Hall–Kier alpha value is -2.45. The van der Waals surface area contributed by atoms with Crippen molar-refractivity contribution >= 4 is 28.1 Å². The van der Waals surface area contributed by atoms with E-state index < -0.39 is 5.91 Å². The van der Waals surface area contributed by atoms with Crippen LogP contribution in [0.5, 0.6) is 0 Å². The quantitative estimate of drug-likeness (QED) is 0.714. The summed E-state index contributed by atoms with van der Waals surface area (Å²) in [6.45, 7) is 2.54. The van der Waals surface area contributed by atoms with Crippen molar-refractivity contribution in [2.45, 2.75) is 19.4 Å². The number of aromatic nitrogens is 3. The number of ether oxygens (including phenoxy) is 1. The van der Waals surface area contributed by atoms with E-state index in [-0.39, 0.29) is 11.6 Å². The zero-order valence-corrected chi connectivity index (χ0v) is 14.2. The number of H-pyrrole nitrogens is 1. The Labute approximate surface area is 142 Å². The van der Waals surface area contributed by atoms with E-state index in [4.69, 9.17) is 10.5 Å². The van der Waals surface area contributed by atoms with Crippen LogP contribution < -0.4 is 11.3 Å². The Morgan fingerprint density at radius 2 is 2.33 bits per heavy atom. The number of amides is 1. The van der Waals surface area contributed by atoms with Crippen molar-refractivity contribution in [1.29, 1.82) is 0 Å². The molecule has 0 aromatic carbocycles. The van der Waals surface area contributed by atoms with Gasteiger partial charge in [-0.25, -0.2) is 0 Å². The summed E-state index contributed by atoms with van der Waals surface area (Å²) in [5.41, 5.74) is 7.11. The summed E-state index contributed by atoms with van der Waals surface area (Å²) in [6.07, 6.45) is 2.42. The van der Waals surface area contributed by atoms with Crippen LogP contribution in [0.2, 0.25) is 0 Å². The second kappa shape index (κ2) is 6.58. The Bertz CT molecular complexity index is 940. The predicted octanol–water partition coefficient (Wildman–Crippen LogP) is 2.15. The molecule has 0 saturated carbocycles. The van der Waals surface area contributed by atoms with Crippen LogP contribution in [0, 0.1) is 0 Å². The fraction of sp³-hybridized carbons (Fsp3) is 0.312. The number of carbonyl (C=O) groups is 1. The number of hydrogen-bond donors (Lipinski definition) is 2. The zero-order chi connectivity index (χ0) is 17.3. The molecule has 0 spiro atoms. The van der Waals surface area contributed by atoms with Crippen molar-refractivity contribution < 1.29 is 9.53 Å². The van der Waals surface area contributed by atoms with E-state index in [0.717, 1.165) is 11.9 Å². The molecule has 0 aliphatic carbocycles. The number of rotatable bonds is 6. The fourth-order valence-electron chi connectivity index (χ4n) is 2.72. The summed E-state index contributed by atoms with van der Waals surface area (Å²) < 4.78 is 7.10. The van der Waals surface area contributed by atoms with Crippen molar-refractivity contribution in [3.63, 3.8) is 0 Å². The molecule has 3 aromatic heterocycles. The molecule has 1 amide bonds. The molecule has 3 rings (SSSR count). The lowest BCUT2D eigenvalue weighted by atomic mass is 10.1. The molecule has 3 heterocycles. The first-order valence-electron chi connectivity index (χ1n) is 7.54. The van der Waals surface area contributed by atoms with Crippen molar-refractivity contribution in [2.24, 2.45) is 5.73 Å². The highest BCUT2D eigenvalue weighted by Gasteiger charge is 2.21. The number of nitrogens with one attached hydrogen (secondary N) is 1. The molecule has 0 aliphatic rings. The van der Waals surface area contributed by atoms with E-state index in [2.05, 4.69) is 10.1 Å². The molecule has 24 heavy (non-hydrogen) atoms. The maximum absolute atomic E-state index is 12.4. The van der Waals surface area contributed by atoms with Crippen LogP contribution in [0.3, 0.4) is 0 Å². The SMILES string of the molecule is CC[C@H](COC)n1nc(-c2csc(C(N)=O)c2)c2c(=O)[nH]ccc21. The predicted molar refractivity (Wildman–Crippen MR) is 93.4 cm³/mol. The van der Waals surface area contributed by atoms with Crippen LogP contribution in [0.25, 0.3) is 22.2 Å². The summed E-state index contributed by atoms with van der Waals surface area (Å²) in [6, 6.07) is 3.51. The Balaban J connectivity index is 2.24. The minimum absolute atomic E-state index is 0.0160. The molecule has 0 saturated heterocycles. The molecule has 3 aromatic rings. The van der Waals surface area contributed by atoms with Crippen molar-refractivity contribution in [3.05, 3.63) is 38.9 Å². The molecule has 0 unspecified atom stereocenters. The van der Waals surface area contributed by atoms with Gasteiger partial charge in [0.1, 0.15) is 5.69 Å². The van der Waals surface area contributed by atoms with Crippen LogP contribution in [-0.4, -0.2) is 34.4 Å².